The summed E-state index contributed by atoms with van der Waals surface area (Å²) in [5.74, 6) is -1.14. The number of carboxylic acids is 1. The van der Waals surface area contributed by atoms with Crippen molar-refractivity contribution in [3.63, 3.8) is 0 Å². The van der Waals surface area contributed by atoms with Crippen molar-refractivity contribution in [3.8, 4) is 0 Å². The first-order valence-corrected chi connectivity index (χ1v) is 7.42. The minimum absolute atomic E-state index is 0.338. The number of benzene rings is 1. The number of anilines is 1. The van der Waals surface area contributed by atoms with E-state index < -0.39 is 11.4 Å². The lowest BCUT2D eigenvalue weighted by Gasteiger charge is -2.31. The molecule has 0 spiro atoms. The van der Waals surface area contributed by atoms with Gasteiger partial charge in [-0.3, -0.25) is 4.79 Å². The monoisotopic (exact) mass is 277 g/mol. The molecule has 20 heavy (non-hydrogen) atoms. The average molecular weight is 277 g/mol. The molecule has 0 amide bonds. The molecule has 108 valence electrons. The van der Waals surface area contributed by atoms with E-state index in [0.29, 0.717) is 18.4 Å². The topological polar surface area (TPSA) is 40.5 Å². The van der Waals surface area contributed by atoms with Crippen molar-refractivity contribution in [2.24, 2.45) is 0 Å². The van der Waals surface area contributed by atoms with Crippen LogP contribution in [0, 0.1) is 5.82 Å². The predicted molar refractivity (Wildman–Crippen MR) is 75.6 cm³/mol. The van der Waals surface area contributed by atoms with Crippen LogP contribution in [0.15, 0.2) is 18.2 Å². The summed E-state index contributed by atoms with van der Waals surface area (Å²) in [6, 6.07) is 4.66. The van der Waals surface area contributed by atoms with Gasteiger partial charge in [-0.25, -0.2) is 4.39 Å². The summed E-state index contributed by atoms with van der Waals surface area (Å²) in [4.78, 5) is 14.1. The highest BCUT2D eigenvalue weighted by Crippen LogP contribution is 2.45. The molecule has 1 saturated heterocycles. The van der Waals surface area contributed by atoms with E-state index in [1.807, 2.05) is 0 Å². The number of hydrogen-bond acceptors (Lipinski definition) is 2. The van der Waals surface area contributed by atoms with Crippen molar-refractivity contribution in [2.45, 2.75) is 43.9 Å². The Balaban J connectivity index is 2.10. The summed E-state index contributed by atoms with van der Waals surface area (Å²) in [6.45, 7) is 1.88. The third-order valence-electron chi connectivity index (χ3n) is 4.79. The smallest absolute Gasteiger partial charge is 0.314 e. The van der Waals surface area contributed by atoms with E-state index in [1.54, 1.807) is 6.07 Å². The van der Waals surface area contributed by atoms with E-state index in [2.05, 4.69) is 4.90 Å². The second kappa shape index (κ2) is 5.08. The number of carbonyl (C=O) groups is 1. The number of hydrogen-bond donors (Lipinski definition) is 1. The molecule has 2 aliphatic rings. The van der Waals surface area contributed by atoms with E-state index in [1.165, 1.54) is 12.1 Å². The molecule has 0 atom stereocenters. The van der Waals surface area contributed by atoms with E-state index in [4.69, 9.17) is 0 Å². The zero-order valence-corrected chi connectivity index (χ0v) is 11.6. The third kappa shape index (κ3) is 2.07. The zero-order chi connectivity index (χ0) is 14.2. The van der Waals surface area contributed by atoms with Gasteiger partial charge in [0.15, 0.2) is 0 Å². The largest absolute Gasteiger partial charge is 0.481 e. The maximum absolute atomic E-state index is 13.7. The maximum atomic E-state index is 13.7. The highest BCUT2D eigenvalue weighted by molar-refractivity contribution is 5.84. The highest BCUT2D eigenvalue weighted by Gasteiger charge is 2.45. The molecular formula is C16H20FNO2. The fourth-order valence-electron chi connectivity index (χ4n) is 3.70. The van der Waals surface area contributed by atoms with Gasteiger partial charge in [-0.2, -0.15) is 0 Å². The Labute approximate surface area is 118 Å². The first kappa shape index (κ1) is 13.4. The average Bonchev–Trinajstić information content (AvgIpc) is 3.11. The van der Waals surface area contributed by atoms with Gasteiger partial charge in [0.1, 0.15) is 5.82 Å². The second-order valence-corrected chi connectivity index (χ2v) is 5.95. The lowest BCUT2D eigenvalue weighted by molar-refractivity contribution is -0.143. The molecule has 1 aliphatic heterocycles. The standard InChI is InChI=1S/C16H20FNO2/c17-12-5-6-14(18-9-3-4-10-18)13(11-12)16(15(19)20)7-1-2-8-16/h5-6,11H,1-4,7-10H2,(H,19,20). The minimum Gasteiger partial charge on any atom is -0.481 e. The highest BCUT2D eigenvalue weighted by atomic mass is 19.1. The van der Waals surface area contributed by atoms with Crippen molar-refractivity contribution in [3.05, 3.63) is 29.6 Å². The fourth-order valence-corrected chi connectivity index (χ4v) is 3.70. The Bertz CT molecular complexity index is 517. The lowest BCUT2D eigenvalue weighted by Crippen LogP contribution is -2.35. The number of carboxylic acid groups (broad SMARTS) is 1. The van der Waals surface area contributed by atoms with Crippen LogP contribution < -0.4 is 4.90 Å². The first-order valence-electron chi connectivity index (χ1n) is 7.42. The van der Waals surface area contributed by atoms with Crippen LogP contribution in [-0.4, -0.2) is 24.2 Å². The van der Waals surface area contributed by atoms with Crippen LogP contribution in [0.4, 0.5) is 10.1 Å². The molecule has 1 saturated carbocycles. The number of aliphatic carboxylic acids is 1. The SMILES string of the molecule is O=C(O)C1(c2cc(F)ccc2N2CCCC2)CCCC1. The van der Waals surface area contributed by atoms with E-state index in [-0.39, 0.29) is 5.82 Å². The summed E-state index contributed by atoms with van der Waals surface area (Å²) in [5.41, 5.74) is 0.720. The first-order chi connectivity index (χ1) is 9.63. The van der Waals surface area contributed by atoms with Crippen LogP contribution in [0.1, 0.15) is 44.1 Å². The molecule has 1 aliphatic carbocycles. The van der Waals surface area contributed by atoms with Crippen molar-refractivity contribution < 1.29 is 14.3 Å². The molecule has 0 unspecified atom stereocenters. The van der Waals surface area contributed by atoms with Crippen molar-refractivity contribution >= 4 is 11.7 Å². The number of rotatable bonds is 3. The normalized spacial score (nSPS) is 21.4. The van der Waals surface area contributed by atoms with Gasteiger partial charge in [0, 0.05) is 18.8 Å². The van der Waals surface area contributed by atoms with Gasteiger partial charge < -0.3 is 10.0 Å². The van der Waals surface area contributed by atoms with Gasteiger partial charge in [-0.15, -0.1) is 0 Å². The van der Waals surface area contributed by atoms with Crippen molar-refractivity contribution in [2.75, 3.05) is 18.0 Å². The van der Waals surface area contributed by atoms with Crippen LogP contribution >= 0.6 is 0 Å². The minimum atomic E-state index is -0.889. The van der Waals surface area contributed by atoms with Crippen molar-refractivity contribution in [1.29, 1.82) is 0 Å². The van der Waals surface area contributed by atoms with Gasteiger partial charge in [0.25, 0.3) is 0 Å². The fraction of sp³-hybridized carbons (Fsp3) is 0.562. The summed E-state index contributed by atoms with van der Waals surface area (Å²) < 4.78 is 13.7. The van der Waals surface area contributed by atoms with E-state index in [9.17, 15) is 14.3 Å². The molecule has 2 fully saturated rings. The molecule has 1 aromatic carbocycles. The van der Waals surface area contributed by atoms with Gasteiger partial charge in [0.05, 0.1) is 5.41 Å². The second-order valence-electron chi connectivity index (χ2n) is 5.95. The summed E-state index contributed by atoms with van der Waals surface area (Å²) in [5, 5.41) is 9.73. The van der Waals surface area contributed by atoms with Crippen LogP contribution in [0.3, 0.4) is 0 Å². The molecule has 3 nitrogen and oxygen atoms in total. The van der Waals surface area contributed by atoms with Crippen LogP contribution in [0.2, 0.25) is 0 Å². The Morgan fingerprint density at radius 1 is 1.15 bits per heavy atom. The van der Waals surface area contributed by atoms with Gasteiger partial charge >= 0.3 is 5.97 Å². The lowest BCUT2D eigenvalue weighted by atomic mass is 9.77. The van der Waals surface area contributed by atoms with Crippen LogP contribution in [0.5, 0.6) is 0 Å². The predicted octanol–water partition coefficient (Wildman–Crippen LogP) is 3.32. The summed E-state index contributed by atoms with van der Waals surface area (Å²) in [7, 11) is 0. The maximum Gasteiger partial charge on any atom is 0.314 e. The Hall–Kier alpha value is -1.58. The quantitative estimate of drug-likeness (QED) is 0.921. The molecule has 3 rings (SSSR count). The van der Waals surface area contributed by atoms with Crippen LogP contribution in [0.25, 0.3) is 0 Å². The molecule has 1 aromatic rings. The van der Waals surface area contributed by atoms with E-state index >= 15 is 0 Å². The molecule has 1 heterocycles. The van der Waals surface area contributed by atoms with Crippen molar-refractivity contribution in [1.82, 2.24) is 0 Å². The Morgan fingerprint density at radius 3 is 2.40 bits per heavy atom. The van der Waals surface area contributed by atoms with Crippen LogP contribution in [-0.2, 0) is 10.2 Å². The van der Waals surface area contributed by atoms with Gasteiger partial charge in [-0.05, 0) is 49.4 Å². The molecule has 0 radical (unpaired) electrons. The van der Waals surface area contributed by atoms with Gasteiger partial charge in [0.2, 0.25) is 0 Å². The molecule has 0 bridgehead atoms. The molecular weight excluding hydrogens is 257 g/mol. The molecule has 1 N–H and O–H groups in total. The Morgan fingerprint density at radius 2 is 1.80 bits per heavy atom. The molecule has 0 aromatic heterocycles. The summed E-state index contributed by atoms with van der Waals surface area (Å²) in [6.07, 6.45) is 5.29. The van der Waals surface area contributed by atoms with E-state index in [0.717, 1.165) is 44.5 Å². The molecule has 4 heteroatoms. The summed E-state index contributed by atoms with van der Waals surface area (Å²) >= 11 is 0. The third-order valence-corrected chi connectivity index (χ3v) is 4.79. The Kier molecular flexibility index (Phi) is 3.40. The number of halogens is 1. The number of nitrogens with zero attached hydrogens (tertiary/aromatic N) is 1. The van der Waals surface area contributed by atoms with Gasteiger partial charge in [-0.1, -0.05) is 12.8 Å². The zero-order valence-electron chi connectivity index (χ0n) is 11.6.